The van der Waals surface area contributed by atoms with Gasteiger partial charge in [0.25, 0.3) is 5.91 Å². The zero-order valence-corrected chi connectivity index (χ0v) is 17.6. The SMILES string of the molecule is CNS(=O)(=O)c1ccc(NC(=O)c2cccc(S(=O)(=O)N(C)C(C)C)c2)cc1. The van der Waals surface area contributed by atoms with Crippen LogP contribution in [0.15, 0.2) is 58.3 Å². The van der Waals surface area contributed by atoms with Crippen LogP contribution in [0.3, 0.4) is 0 Å². The maximum atomic E-state index is 12.6. The highest BCUT2D eigenvalue weighted by molar-refractivity contribution is 7.89. The van der Waals surface area contributed by atoms with E-state index >= 15 is 0 Å². The van der Waals surface area contributed by atoms with Crippen molar-refractivity contribution in [2.45, 2.75) is 29.7 Å². The molecule has 0 bridgehead atoms. The van der Waals surface area contributed by atoms with Gasteiger partial charge in [0.05, 0.1) is 9.79 Å². The lowest BCUT2D eigenvalue weighted by molar-refractivity contribution is 0.102. The normalized spacial score (nSPS) is 12.4. The van der Waals surface area contributed by atoms with Gasteiger partial charge in [-0.15, -0.1) is 0 Å². The Morgan fingerprint density at radius 2 is 1.57 bits per heavy atom. The van der Waals surface area contributed by atoms with Gasteiger partial charge >= 0.3 is 0 Å². The van der Waals surface area contributed by atoms with Crippen LogP contribution >= 0.6 is 0 Å². The van der Waals surface area contributed by atoms with Gasteiger partial charge in [0.1, 0.15) is 0 Å². The summed E-state index contributed by atoms with van der Waals surface area (Å²) in [5.41, 5.74) is 0.553. The van der Waals surface area contributed by atoms with E-state index in [1.165, 1.54) is 66.9 Å². The van der Waals surface area contributed by atoms with E-state index < -0.39 is 26.0 Å². The van der Waals surface area contributed by atoms with E-state index in [9.17, 15) is 21.6 Å². The van der Waals surface area contributed by atoms with Gasteiger partial charge in [-0.1, -0.05) is 6.07 Å². The van der Waals surface area contributed by atoms with E-state index in [1.807, 2.05) is 0 Å². The van der Waals surface area contributed by atoms with Crippen LogP contribution < -0.4 is 10.0 Å². The number of benzene rings is 2. The molecule has 0 heterocycles. The van der Waals surface area contributed by atoms with E-state index in [0.717, 1.165) is 0 Å². The Hall–Kier alpha value is -2.27. The Morgan fingerprint density at radius 1 is 0.964 bits per heavy atom. The molecule has 152 valence electrons. The Balaban J connectivity index is 2.24. The summed E-state index contributed by atoms with van der Waals surface area (Å²) in [4.78, 5) is 12.6. The average molecular weight is 426 g/mol. The summed E-state index contributed by atoms with van der Waals surface area (Å²) in [6.45, 7) is 3.51. The predicted molar refractivity (Wildman–Crippen MR) is 107 cm³/mol. The third kappa shape index (κ3) is 4.76. The molecule has 1 amide bonds. The van der Waals surface area contributed by atoms with Crippen molar-refractivity contribution in [2.24, 2.45) is 0 Å². The first kappa shape index (κ1) is 22.0. The molecule has 0 aromatic heterocycles. The van der Waals surface area contributed by atoms with Crippen LogP contribution in [0.25, 0.3) is 0 Å². The van der Waals surface area contributed by atoms with Crippen molar-refractivity contribution in [3.8, 4) is 0 Å². The van der Waals surface area contributed by atoms with Crippen molar-refractivity contribution >= 4 is 31.6 Å². The maximum absolute atomic E-state index is 12.6. The lowest BCUT2D eigenvalue weighted by Crippen LogP contribution is -2.33. The molecule has 0 aliphatic carbocycles. The molecule has 0 saturated heterocycles. The molecule has 28 heavy (non-hydrogen) atoms. The van der Waals surface area contributed by atoms with Crippen LogP contribution in [-0.2, 0) is 20.0 Å². The zero-order valence-electron chi connectivity index (χ0n) is 16.0. The fraction of sp³-hybridized carbons (Fsp3) is 0.278. The van der Waals surface area contributed by atoms with E-state index in [1.54, 1.807) is 13.8 Å². The van der Waals surface area contributed by atoms with Crippen LogP contribution in [0.4, 0.5) is 5.69 Å². The highest BCUT2D eigenvalue weighted by atomic mass is 32.2. The molecule has 2 rings (SSSR count). The summed E-state index contributed by atoms with van der Waals surface area (Å²) >= 11 is 0. The standard InChI is InChI=1S/C18H23N3O5S2/c1-13(2)21(4)28(25,26)17-7-5-6-14(12-17)18(22)20-15-8-10-16(11-9-15)27(23,24)19-3/h5-13,19H,1-4H3,(H,20,22). The number of hydrogen-bond donors (Lipinski definition) is 2. The van der Waals surface area contributed by atoms with Crippen molar-refractivity contribution in [3.63, 3.8) is 0 Å². The first-order valence-electron chi connectivity index (χ1n) is 8.42. The van der Waals surface area contributed by atoms with Gasteiger partial charge in [0, 0.05) is 24.3 Å². The van der Waals surface area contributed by atoms with Gasteiger partial charge in [0.2, 0.25) is 20.0 Å². The second kappa shape index (κ2) is 8.39. The topological polar surface area (TPSA) is 113 Å². The predicted octanol–water partition coefficient (Wildman–Crippen LogP) is 1.88. The Morgan fingerprint density at radius 3 is 2.11 bits per heavy atom. The maximum Gasteiger partial charge on any atom is 0.255 e. The molecule has 0 aliphatic rings. The molecular formula is C18H23N3O5S2. The summed E-state index contributed by atoms with van der Waals surface area (Å²) in [7, 11) is -4.49. The van der Waals surface area contributed by atoms with Gasteiger partial charge in [-0.3, -0.25) is 4.79 Å². The number of carbonyl (C=O) groups is 1. The first-order chi connectivity index (χ1) is 13.0. The smallest absolute Gasteiger partial charge is 0.255 e. The largest absolute Gasteiger partial charge is 0.322 e. The molecule has 2 aromatic rings. The summed E-state index contributed by atoms with van der Waals surface area (Å²) < 4.78 is 52.1. The number of anilines is 1. The molecule has 2 N–H and O–H groups in total. The minimum atomic E-state index is -3.71. The number of rotatable bonds is 7. The van der Waals surface area contributed by atoms with E-state index in [4.69, 9.17) is 0 Å². The Kier molecular flexibility index (Phi) is 6.60. The molecule has 0 radical (unpaired) electrons. The number of carbonyl (C=O) groups excluding carboxylic acids is 1. The second-order valence-electron chi connectivity index (χ2n) is 6.33. The molecule has 2 aromatic carbocycles. The van der Waals surface area contributed by atoms with Gasteiger partial charge in [-0.05, 0) is 63.4 Å². The van der Waals surface area contributed by atoms with Crippen molar-refractivity contribution < 1.29 is 21.6 Å². The number of nitrogens with one attached hydrogen (secondary N) is 2. The molecule has 0 spiro atoms. The molecular weight excluding hydrogens is 402 g/mol. The molecule has 0 unspecified atom stereocenters. The molecule has 0 aliphatic heterocycles. The van der Waals surface area contributed by atoms with Crippen LogP contribution in [-0.4, -0.2) is 47.2 Å². The molecule has 10 heteroatoms. The molecule has 0 fully saturated rings. The highest BCUT2D eigenvalue weighted by Crippen LogP contribution is 2.19. The third-order valence-electron chi connectivity index (χ3n) is 4.19. The Labute approximate surface area is 165 Å². The second-order valence-corrected chi connectivity index (χ2v) is 10.2. The molecule has 8 nitrogen and oxygen atoms in total. The average Bonchev–Trinajstić information content (AvgIpc) is 2.67. The first-order valence-corrected chi connectivity index (χ1v) is 11.3. The van der Waals surface area contributed by atoms with Crippen LogP contribution in [0.2, 0.25) is 0 Å². The van der Waals surface area contributed by atoms with Gasteiger partial charge in [-0.2, -0.15) is 4.31 Å². The van der Waals surface area contributed by atoms with Crippen LogP contribution in [0, 0.1) is 0 Å². The molecule has 0 atom stereocenters. The van der Waals surface area contributed by atoms with Crippen LogP contribution in [0.1, 0.15) is 24.2 Å². The van der Waals surface area contributed by atoms with E-state index in [2.05, 4.69) is 10.0 Å². The summed E-state index contributed by atoms with van der Waals surface area (Å²) in [6, 6.07) is 11.1. The number of hydrogen-bond acceptors (Lipinski definition) is 5. The number of amides is 1. The monoisotopic (exact) mass is 425 g/mol. The quantitative estimate of drug-likeness (QED) is 0.703. The number of nitrogens with zero attached hydrogens (tertiary/aromatic N) is 1. The number of sulfonamides is 2. The minimum Gasteiger partial charge on any atom is -0.322 e. The van der Waals surface area contributed by atoms with Crippen LogP contribution in [0.5, 0.6) is 0 Å². The van der Waals surface area contributed by atoms with Crippen molar-refractivity contribution in [1.82, 2.24) is 9.03 Å². The van der Waals surface area contributed by atoms with Crippen molar-refractivity contribution in [3.05, 3.63) is 54.1 Å². The summed E-state index contributed by atoms with van der Waals surface area (Å²) in [5, 5.41) is 2.62. The lowest BCUT2D eigenvalue weighted by atomic mass is 10.2. The minimum absolute atomic E-state index is 0.0202. The fourth-order valence-corrected chi connectivity index (χ4v) is 4.42. The van der Waals surface area contributed by atoms with Gasteiger partial charge in [0.15, 0.2) is 0 Å². The Bertz CT molecular complexity index is 1060. The van der Waals surface area contributed by atoms with Crippen molar-refractivity contribution in [1.29, 1.82) is 0 Å². The van der Waals surface area contributed by atoms with Gasteiger partial charge < -0.3 is 5.32 Å². The summed E-state index contributed by atoms with van der Waals surface area (Å²) in [6.07, 6.45) is 0. The third-order valence-corrected chi connectivity index (χ3v) is 7.65. The van der Waals surface area contributed by atoms with Gasteiger partial charge in [-0.25, -0.2) is 21.6 Å². The van der Waals surface area contributed by atoms with E-state index in [0.29, 0.717) is 5.69 Å². The fourth-order valence-electron chi connectivity index (χ4n) is 2.28. The zero-order chi connectivity index (χ0) is 21.1. The summed E-state index contributed by atoms with van der Waals surface area (Å²) in [5.74, 6) is -0.506. The lowest BCUT2D eigenvalue weighted by Gasteiger charge is -2.21. The molecule has 0 saturated carbocycles. The van der Waals surface area contributed by atoms with E-state index in [-0.39, 0.29) is 21.4 Å². The van der Waals surface area contributed by atoms with Crippen molar-refractivity contribution in [2.75, 3.05) is 19.4 Å². The highest BCUT2D eigenvalue weighted by Gasteiger charge is 2.24.